The van der Waals surface area contributed by atoms with E-state index in [1.807, 2.05) is 49.6 Å². The van der Waals surface area contributed by atoms with Gasteiger partial charge in [0.15, 0.2) is 0 Å². The molecule has 0 saturated heterocycles. The van der Waals surface area contributed by atoms with Gasteiger partial charge in [-0.15, -0.1) is 0 Å². The van der Waals surface area contributed by atoms with Gasteiger partial charge in [-0.25, -0.2) is 4.90 Å². The molecule has 0 atom stereocenters. The van der Waals surface area contributed by atoms with E-state index >= 15 is 0 Å². The van der Waals surface area contributed by atoms with Crippen molar-refractivity contribution in [2.45, 2.75) is 20.8 Å². The van der Waals surface area contributed by atoms with E-state index < -0.39 is 5.91 Å². The summed E-state index contributed by atoms with van der Waals surface area (Å²) in [5.41, 5.74) is 6.76. The number of aryl methyl sites for hydroxylation is 3. The third-order valence-corrected chi connectivity index (χ3v) is 7.05. The molecule has 6 rings (SSSR count). The third kappa shape index (κ3) is 2.97. The molecule has 0 radical (unpaired) electrons. The summed E-state index contributed by atoms with van der Waals surface area (Å²) in [7, 11) is 0. The predicted octanol–water partition coefficient (Wildman–Crippen LogP) is 6.25. The Morgan fingerprint density at radius 2 is 1.24 bits per heavy atom. The Bertz CT molecular complexity index is 1840. The van der Waals surface area contributed by atoms with Crippen LogP contribution in [0.25, 0.3) is 27.5 Å². The summed E-state index contributed by atoms with van der Waals surface area (Å²) in [6.45, 7) is 5.79. The van der Waals surface area contributed by atoms with Gasteiger partial charge in [-0.05, 0) is 68.3 Å². The molecule has 176 valence electrons. The molecule has 6 nitrogen and oxygen atoms in total. The monoisotopic (exact) mass is 480 g/mol. The zero-order valence-electron chi connectivity index (χ0n) is 20.5. The molecule has 0 saturated carbocycles. The van der Waals surface area contributed by atoms with Crippen LogP contribution in [0.15, 0.2) is 66.7 Å². The molecule has 2 heterocycles. The lowest BCUT2D eigenvalue weighted by molar-refractivity contribution is 0.0925. The number of carbonyl (C=O) groups excluding carboxylic acids is 2. The largest absolute Gasteiger partial charge is 0.308 e. The van der Waals surface area contributed by atoms with Crippen molar-refractivity contribution >= 4 is 39.3 Å². The van der Waals surface area contributed by atoms with Crippen LogP contribution >= 0.6 is 0 Å². The van der Waals surface area contributed by atoms with Crippen LogP contribution in [-0.2, 0) is 0 Å². The van der Waals surface area contributed by atoms with Crippen LogP contribution in [-0.4, -0.2) is 16.4 Å². The smallest absolute Gasteiger partial charge is 0.268 e. The van der Waals surface area contributed by atoms with Gasteiger partial charge in [0.05, 0.1) is 56.8 Å². The number of nitrogens with zero attached hydrogens (tertiary/aromatic N) is 4. The van der Waals surface area contributed by atoms with Crippen LogP contribution < -0.4 is 4.90 Å². The molecule has 0 unspecified atom stereocenters. The molecule has 1 aliphatic rings. The second kappa shape index (κ2) is 7.91. The number of aromatic nitrogens is 1. The first-order chi connectivity index (χ1) is 17.9. The van der Waals surface area contributed by atoms with Crippen LogP contribution in [0, 0.1) is 43.4 Å². The van der Waals surface area contributed by atoms with Crippen molar-refractivity contribution in [1.29, 1.82) is 10.5 Å². The normalized spacial score (nSPS) is 12.7. The maximum absolute atomic E-state index is 14.0. The van der Waals surface area contributed by atoms with Crippen LogP contribution in [0.1, 0.15) is 48.5 Å². The Kier molecular flexibility index (Phi) is 4.76. The molecular weight excluding hydrogens is 460 g/mol. The highest BCUT2D eigenvalue weighted by molar-refractivity contribution is 6.36. The van der Waals surface area contributed by atoms with Crippen molar-refractivity contribution in [3.05, 3.63) is 106 Å². The molecule has 37 heavy (non-hydrogen) atoms. The molecule has 1 aromatic heterocycles. The van der Waals surface area contributed by atoms with E-state index in [1.54, 1.807) is 42.5 Å². The average molecular weight is 481 g/mol. The van der Waals surface area contributed by atoms with Crippen LogP contribution in [0.4, 0.5) is 5.69 Å². The Hall–Kier alpha value is -5.20. The molecule has 0 bridgehead atoms. The van der Waals surface area contributed by atoms with Gasteiger partial charge in [-0.3, -0.25) is 9.59 Å². The first kappa shape index (κ1) is 22.3. The molecular formula is C31H20N4O2. The first-order valence-electron chi connectivity index (χ1n) is 11.8. The van der Waals surface area contributed by atoms with Crippen LogP contribution in [0.3, 0.4) is 0 Å². The van der Waals surface area contributed by atoms with Gasteiger partial charge in [0.1, 0.15) is 0 Å². The molecule has 0 spiro atoms. The van der Waals surface area contributed by atoms with Crippen LogP contribution in [0.5, 0.6) is 0 Å². The summed E-state index contributed by atoms with van der Waals surface area (Å²) in [5, 5.41) is 21.0. The lowest BCUT2D eigenvalue weighted by atomic mass is 10.0. The minimum atomic E-state index is -0.395. The van der Waals surface area contributed by atoms with Gasteiger partial charge < -0.3 is 4.57 Å². The summed E-state index contributed by atoms with van der Waals surface area (Å²) < 4.78 is 1.88. The summed E-state index contributed by atoms with van der Waals surface area (Å²) >= 11 is 0. The number of hydrogen-bond acceptors (Lipinski definition) is 4. The van der Waals surface area contributed by atoms with E-state index in [1.165, 1.54) is 4.90 Å². The lowest BCUT2D eigenvalue weighted by Gasteiger charge is -2.20. The van der Waals surface area contributed by atoms with Crippen molar-refractivity contribution in [3.8, 4) is 17.8 Å². The first-order valence-corrected chi connectivity index (χ1v) is 11.8. The zero-order valence-corrected chi connectivity index (χ0v) is 20.5. The number of nitriles is 2. The predicted molar refractivity (Wildman–Crippen MR) is 142 cm³/mol. The molecule has 4 aromatic carbocycles. The van der Waals surface area contributed by atoms with E-state index in [0.29, 0.717) is 55.4 Å². The fraction of sp³-hybridized carbons (Fsp3) is 0.0968. The molecule has 1 aliphatic heterocycles. The van der Waals surface area contributed by atoms with Gasteiger partial charge in [-0.2, -0.15) is 10.5 Å². The lowest BCUT2D eigenvalue weighted by Crippen LogP contribution is -2.31. The molecule has 0 fully saturated rings. The maximum Gasteiger partial charge on any atom is 0.268 e. The van der Waals surface area contributed by atoms with Gasteiger partial charge in [0.2, 0.25) is 0 Å². The Morgan fingerprint density at radius 3 is 1.78 bits per heavy atom. The molecule has 0 aliphatic carbocycles. The second-order valence-electron chi connectivity index (χ2n) is 9.35. The number of fused-ring (bicyclic) bond motifs is 4. The van der Waals surface area contributed by atoms with E-state index in [4.69, 9.17) is 0 Å². The van der Waals surface area contributed by atoms with Gasteiger partial charge in [-0.1, -0.05) is 35.9 Å². The minimum absolute atomic E-state index is 0.301. The summed E-state index contributed by atoms with van der Waals surface area (Å²) in [6, 6.07) is 24.4. The van der Waals surface area contributed by atoms with Crippen molar-refractivity contribution < 1.29 is 9.59 Å². The average Bonchev–Trinajstić information content (AvgIpc) is 3.36. The number of amides is 2. The van der Waals surface area contributed by atoms with E-state index in [9.17, 15) is 20.1 Å². The Labute approximate surface area is 213 Å². The quantitative estimate of drug-likeness (QED) is 0.279. The third-order valence-electron chi connectivity index (χ3n) is 7.05. The number of rotatable bonds is 2. The fourth-order valence-electron chi connectivity index (χ4n) is 5.74. The van der Waals surface area contributed by atoms with Crippen molar-refractivity contribution in [2.75, 3.05) is 4.90 Å². The van der Waals surface area contributed by atoms with Gasteiger partial charge >= 0.3 is 0 Å². The van der Waals surface area contributed by atoms with Crippen molar-refractivity contribution in [2.24, 2.45) is 0 Å². The molecule has 5 aromatic rings. The fourth-order valence-corrected chi connectivity index (χ4v) is 5.74. The van der Waals surface area contributed by atoms with E-state index in [0.717, 1.165) is 16.7 Å². The number of anilines is 1. The molecule has 2 amide bonds. The number of carbonyl (C=O) groups is 2. The number of benzene rings is 4. The Morgan fingerprint density at radius 1 is 0.703 bits per heavy atom. The van der Waals surface area contributed by atoms with Crippen molar-refractivity contribution in [1.82, 2.24) is 4.57 Å². The highest BCUT2D eigenvalue weighted by Crippen LogP contribution is 2.40. The van der Waals surface area contributed by atoms with Gasteiger partial charge in [0, 0.05) is 10.8 Å². The Balaban J connectivity index is 1.69. The van der Waals surface area contributed by atoms with E-state index in [2.05, 4.69) is 12.1 Å². The van der Waals surface area contributed by atoms with Gasteiger partial charge in [0.25, 0.3) is 11.8 Å². The summed E-state index contributed by atoms with van der Waals surface area (Å²) in [6.07, 6.45) is 0. The SMILES string of the molecule is Cc1cc(C)c(N2C(=O)c3cccc(-n4c5cccc(C#N)c5c5c(C#N)cccc54)c3C2=O)c(C)c1. The van der Waals surface area contributed by atoms with Crippen molar-refractivity contribution in [3.63, 3.8) is 0 Å². The highest BCUT2D eigenvalue weighted by Gasteiger charge is 2.40. The zero-order chi connectivity index (χ0) is 26.0. The van der Waals surface area contributed by atoms with Crippen LogP contribution in [0.2, 0.25) is 0 Å². The molecule has 6 heteroatoms. The topological polar surface area (TPSA) is 89.9 Å². The second-order valence-corrected chi connectivity index (χ2v) is 9.35. The highest BCUT2D eigenvalue weighted by atomic mass is 16.2. The number of hydrogen-bond donors (Lipinski definition) is 0. The maximum atomic E-state index is 14.0. The number of imide groups is 1. The van der Waals surface area contributed by atoms with E-state index in [-0.39, 0.29) is 5.91 Å². The standard InChI is InChI=1S/C31H20N4O2/c1-17-13-18(2)29(19(3)14-17)35-30(36)22-9-6-12-25(28(22)31(35)37)34-23-10-4-7-20(15-32)26(23)27-21(16-33)8-5-11-24(27)34/h4-14H,1-3H3. The summed E-state index contributed by atoms with van der Waals surface area (Å²) in [5.74, 6) is -0.762. The minimum Gasteiger partial charge on any atom is -0.308 e. The summed E-state index contributed by atoms with van der Waals surface area (Å²) in [4.78, 5) is 28.9. The molecule has 0 N–H and O–H groups in total.